The molecule has 0 saturated heterocycles. The Bertz CT molecular complexity index is 213. The molecular formula is C10H20NO2+. The van der Waals surface area contributed by atoms with Gasteiger partial charge in [0.15, 0.2) is 6.04 Å². The maximum Gasteiger partial charge on any atom is 0.362 e. The van der Waals surface area contributed by atoms with Gasteiger partial charge in [-0.3, -0.25) is 0 Å². The molecule has 0 aromatic rings. The Hall–Kier alpha value is -0.830. The lowest BCUT2D eigenvalue weighted by molar-refractivity contribution is -0.887. The van der Waals surface area contributed by atoms with E-state index in [1.807, 2.05) is 41.1 Å². The average molecular weight is 186 g/mol. The first-order chi connectivity index (χ1) is 5.79. The molecule has 3 heteroatoms. The minimum atomic E-state index is -0.728. The van der Waals surface area contributed by atoms with E-state index >= 15 is 0 Å². The maximum absolute atomic E-state index is 11.0. The fourth-order valence-corrected chi connectivity index (χ4v) is 1.12. The standard InChI is InChI=1S/C10H19NO2/c1-6-8(2)7-9(10(12)13)11(3,4)5/h6,9H,7H2,1-5H3/p+1. The van der Waals surface area contributed by atoms with Crippen LogP contribution < -0.4 is 0 Å². The summed E-state index contributed by atoms with van der Waals surface area (Å²) < 4.78 is 0.459. The first-order valence-electron chi connectivity index (χ1n) is 4.44. The third kappa shape index (κ3) is 4.08. The van der Waals surface area contributed by atoms with Gasteiger partial charge in [-0.1, -0.05) is 11.6 Å². The molecule has 0 bridgehead atoms. The van der Waals surface area contributed by atoms with Crippen molar-refractivity contribution in [1.29, 1.82) is 0 Å². The van der Waals surface area contributed by atoms with Crippen molar-refractivity contribution < 1.29 is 14.4 Å². The lowest BCUT2D eigenvalue weighted by Gasteiger charge is -2.31. The van der Waals surface area contributed by atoms with Crippen LogP contribution in [0.15, 0.2) is 11.6 Å². The van der Waals surface area contributed by atoms with Crippen molar-refractivity contribution in [2.75, 3.05) is 21.1 Å². The molecule has 0 aliphatic rings. The van der Waals surface area contributed by atoms with Gasteiger partial charge in [-0.15, -0.1) is 0 Å². The van der Waals surface area contributed by atoms with Crippen molar-refractivity contribution in [2.45, 2.75) is 26.3 Å². The molecule has 0 saturated carbocycles. The molecule has 0 heterocycles. The minimum absolute atomic E-state index is 0.351. The van der Waals surface area contributed by atoms with E-state index in [9.17, 15) is 4.79 Å². The maximum atomic E-state index is 11.0. The first kappa shape index (κ1) is 12.2. The molecule has 1 N–H and O–H groups in total. The Morgan fingerprint density at radius 2 is 1.92 bits per heavy atom. The summed E-state index contributed by atoms with van der Waals surface area (Å²) in [6.45, 7) is 3.90. The molecule has 13 heavy (non-hydrogen) atoms. The van der Waals surface area contributed by atoms with Gasteiger partial charge in [-0.05, 0) is 13.8 Å². The molecule has 0 radical (unpaired) electrons. The predicted octanol–water partition coefficient (Wildman–Crippen LogP) is 1.50. The van der Waals surface area contributed by atoms with Crippen LogP contribution in [0, 0.1) is 0 Å². The Kier molecular flexibility index (Phi) is 4.14. The van der Waals surface area contributed by atoms with Gasteiger partial charge in [0.05, 0.1) is 21.1 Å². The Balaban J connectivity index is 4.56. The van der Waals surface area contributed by atoms with Crippen LogP contribution >= 0.6 is 0 Å². The molecule has 0 amide bonds. The topological polar surface area (TPSA) is 37.3 Å². The highest BCUT2D eigenvalue weighted by Gasteiger charge is 2.30. The lowest BCUT2D eigenvalue weighted by atomic mass is 10.1. The third-order valence-electron chi connectivity index (χ3n) is 2.23. The highest BCUT2D eigenvalue weighted by Crippen LogP contribution is 2.13. The molecule has 76 valence electrons. The number of carbonyl (C=O) groups is 1. The Morgan fingerprint density at radius 1 is 1.46 bits per heavy atom. The summed E-state index contributed by atoms with van der Waals surface area (Å²) in [5, 5.41) is 9.01. The Labute approximate surface area is 80.3 Å². The van der Waals surface area contributed by atoms with E-state index in [0.717, 1.165) is 5.57 Å². The molecule has 0 aromatic carbocycles. The number of rotatable bonds is 4. The van der Waals surface area contributed by atoms with Gasteiger partial charge in [-0.2, -0.15) is 0 Å². The quantitative estimate of drug-likeness (QED) is 0.533. The summed E-state index contributed by atoms with van der Waals surface area (Å²) in [6.07, 6.45) is 2.58. The molecule has 0 aliphatic heterocycles. The van der Waals surface area contributed by atoms with Crippen LogP contribution in [0.2, 0.25) is 0 Å². The van der Waals surface area contributed by atoms with Crippen LogP contribution in [0.1, 0.15) is 20.3 Å². The van der Waals surface area contributed by atoms with Crippen LogP contribution in [0.3, 0.4) is 0 Å². The van der Waals surface area contributed by atoms with E-state index in [4.69, 9.17) is 5.11 Å². The zero-order valence-electron chi connectivity index (χ0n) is 9.16. The van der Waals surface area contributed by atoms with Gasteiger partial charge < -0.3 is 9.59 Å². The summed E-state index contributed by atoms with van der Waals surface area (Å²) in [5.41, 5.74) is 1.13. The van der Waals surface area contributed by atoms with Crippen molar-refractivity contribution in [3.63, 3.8) is 0 Å². The largest absolute Gasteiger partial charge is 0.477 e. The smallest absolute Gasteiger partial charge is 0.362 e. The molecular weight excluding hydrogens is 166 g/mol. The monoisotopic (exact) mass is 186 g/mol. The number of nitrogens with zero attached hydrogens (tertiary/aromatic N) is 1. The first-order valence-corrected chi connectivity index (χ1v) is 4.44. The summed E-state index contributed by atoms with van der Waals surface area (Å²) in [4.78, 5) is 11.0. The highest BCUT2D eigenvalue weighted by molar-refractivity contribution is 5.72. The molecule has 0 spiro atoms. The predicted molar refractivity (Wildman–Crippen MR) is 53.5 cm³/mol. The fraction of sp³-hybridized carbons (Fsp3) is 0.700. The second-order valence-electron chi connectivity index (χ2n) is 4.31. The molecule has 3 nitrogen and oxygen atoms in total. The zero-order chi connectivity index (χ0) is 10.6. The number of allylic oxidation sites excluding steroid dienone is 1. The van der Waals surface area contributed by atoms with E-state index in [0.29, 0.717) is 10.9 Å². The number of carboxylic acid groups (broad SMARTS) is 1. The van der Waals surface area contributed by atoms with Crippen LogP contribution in [0.4, 0.5) is 0 Å². The molecule has 1 unspecified atom stereocenters. The number of quaternary nitrogens is 1. The Morgan fingerprint density at radius 3 is 2.15 bits per heavy atom. The van der Waals surface area contributed by atoms with Crippen molar-refractivity contribution in [2.24, 2.45) is 0 Å². The molecule has 0 fully saturated rings. The fourth-order valence-electron chi connectivity index (χ4n) is 1.12. The van der Waals surface area contributed by atoms with E-state index in [2.05, 4.69) is 0 Å². The number of hydrogen-bond donors (Lipinski definition) is 1. The SMILES string of the molecule is CC=C(C)CC(C(=O)O)[N+](C)(C)C. The number of carboxylic acids is 1. The van der Waals surface area contributed by atoms with Gasteiger partial charge in [0.25, 0.3) is 0 Å². The van der Waals surface area contributed by atoms with Gasteiger partial charge in [0, 0.05) is 6.42 Å². The minimum Gasteiger partial charge on any atom is -0.477 e. The number of hydrogen-bond acceptors (Lipinski definition) is 1. The molecule has 0 aliphatic carbocycles. The van der Waals surface area contributed by atoms with Crippen LogP contribution in [-0.2, 0) is 4.79 Å². The second kappa shape index (κ2) is 4.42. The van der Waals surface area contributed by atoms with E-state index in [1.54, 1.807) is 0 Å². The molecule has 0 aromatic heterocycles. The van der Waals surface area contributed by atoms with E-state index in [1.165, 1.54) is 0 Å². The second-order valence-corrected chi connectivity index (χ2v) is 4.31. The number of likely N-dealkylation sites (N-methyl/N-ethyl adjacent to an activating group) is 1. The van der Waals surface area contributed by atoms with Gasteiger partial charge in [-0.25, -0.2) is 4.79 Å². The van der Waals surface area contributed by atoms with Crippen LogP contribution in [0.5, 0.6) is 0 Å². The summed E-state index contributed by atoms with van der Waals surface area (Å²) in [7, 11) is 5.71. The summed E-state index contributed by atoms with van der Waals surface area (Å²) >= 11 is 0. The zero-order valence-corrected chi connectivity index (χ0v) is 9.16. The normalized spacial score (nSPS) is 15.6. The molecule has 1 atom stereocenters. The van der Waals surface area contributed by atoms with Crippen molar-refractivity contribution in [3.05, 3.63) is 11.6 Å². The lowest BCUT2D eigenvalue weighted by Crippen LogP contribution is -2.49. The highest BCUT2D eigenvalue weighted by atomic mass is 16.4. The van der Waals surface area contributed by atoms with Crippen molar-refractivity contribution >= 4 is 5.97 Å². The van der Waals surface area contributed by atoms with Gasteiger partial charge >= 0.3 is 5.97 Å². The van der Waals surface area contributed by atoms with Crippen molar-refractivity contribution in [1.82, 2.24) is 0 Å². The van der Waals surface area contributed by atoms with E-state index < -0.39 is 5.97 Å². The average Bonchev–Trinajstić information content (AvgIpc) is 1.96. The van der Waals surface area contributed by atoms with Gasteiger partial charge in [0.1, 0.15) is 0 Å². The summed E-state index contributed by atoms with van der Waals surface area (Å²) in [6, 6.07) is -0.351. The van der Waals surface area contributed by atoms with Crippen LogP contribution in [0.25, 0.3) is 0 Å². The van der Waals surface area contributed by atoms with E-state index in [-0.39, 0.29) is 6.04 Å². The third-order valence-corrected chi connectivity index (χ3v) is 2.23. The van der Waals surface area contributed by atoms with Crippen LogP contribution in [-0.4, -0.2) is 42.7 Å². The van der Waals surface area contributed by atoms with Gasteiger partial charge in [0.2, 0.25) is 0 Å². The molecule has 0 rings (SSSR count). The number of aliphatic carboxylic acids is 1. The summed E-state index contributed by atoms with van der Waals surface area (Å²) in [5.74, 6) is -0.728. The van der Waals surface area contributed by atoms with Crippen molar-refractivity contribution in [3.8, 4) is 0 Å².